The standard InChI is InChI=1S/C15H19BrClN3O/c1-3-6-18-8-11-4-5-13(12(16)7-11)21-10-15-19-9-14(17)20(15)2/h4-5,7,9,18H,3,6,8,10H2,1-2H3. The summed E-state index contributed by atoms with van der Waals surface area (Å²) in [6.07, 6.45) is 2.76. The molecular weight excluding hydrogens is 354 g/mol. The van der Waals surface area contributed by atoms with Gasteiger partial charge in [-0.3, -0.25) is 0 Å². The van der Waals surface area contributed by atoms with Crippen LogP contribution >= 0.6 is 27.5 Å². The monoisotopic (exact) mass is 371 g/mol. The van der Waals surface area contributed by atoms with Crippen molar-refractivity contribution in [3.05, 3.63) is 45.4 Å². The molecule has 0 saturated heterocycles. The Morgan fingerprint density at radius 2 is 2.24 bits per heavy atom. The van der Waals surface area contributed by atoms with E-state index in [9.17, 15) is 0 Å². The van der Waals surface area contributed by atoms with Crippen LogP contribution in [0.2, 0.25) is 5.15 Å². The minimum absolute atomic E-state index is 0.384. The highest BCUT2D eigenvalue weighted by molar-refractivity contribution is 9.10. The minimum Gasteiger partial charge on any atom is -0.484 e. The number of hydrogen-bond donors (Lipinski definition) is 1. The fourth-order valence-electron chi connectivity index (χ4n) is 1.88. The number of hydrogen-bond acceptors (Lipinski definition) is 3. The maximum Gasteiger partial charge on any atom is 0.147 e. The van der Waals surface area contributed by atoms with Gasteiger partial charge in [-0.2, -0.15) is 0 Å². The van der Waals surface area contributed by atoms with Crippen LogP contribution in [0.3, 0.4) is 0 Å². The predicted molar refractivity (Wildman–Crippen MR) is 88.7 cm³/mol. The van der Waals surface area contributed by atoms with Crippen molar-refractivity contribution in [2.24, 2.45) is 7.05 Å². The second-order valence-corrected chi connectivity index (χ2v) is 6.03. The minimum atomic E-state index is 0.384. The average Bonchev–Trinajstić information content (AvgIpc) is 2.78. The number of ether oxygens (including phenoxy) is 1. The number of halogens is 2. The predicted octanol–water partition coefficient (Wildman–Crippen LogP) is 3.91. The first-order valence-corrected chi connectivity index (χ1v) is 8.07. The van der Waals surface area contributed by atoms with Gasteiger partial charge >= 0.3 is 0 Å². The van der Waals surface area contributed by atoms with Gasteiger partial charge in [0.1, 0.15) is 23.3 Å². The van der Waals surface area contributed by atoms with Gasteiger partial charge in [-0.05, 0) is 46.6 Å². The van der Waals surface area contributed by atoms with Crippen LogP contribution in [0.15, 0.2) is 28.9 Å². The Labute approximate surface area is 138 Å². The van der Waals surface area contributed by atoms with E-state index in [1.807, 2.05) is 13.1 Å². The normalized spacial score (nSPS) is 10.9. The molecule has 21 heavy (non-hydrogen) atoms. The molecule has 0 aliphatic carbocycles. The van der Waals surface area contributed by atoms with Crippen molar-refractivity contribution in [1.29, 1.82) is 0 Å². The van der Waals surface area contributed by atoms with Crippen LogP contribution in [0.5, 0.6) is 5.75 Å². The van der Waals surface area contributed by atoms with Gasteiger partial charge in [-0.15, -0.1) is 0 Å². The molecule has 2 aromatic rings. The van der Waals surface area contributed by atoms with Crippen LogP contribution < -0.4 is 10.1 Å². The summed E-state index contributed by atoms with van der Waals surface area (Å²) in [6.45, 7) is 4.43. The van der Waals surface area contributed by atoms with E-state index in [0.29, 0.717) is 11.8 Å². The Morgan fingerprint density at radius 1 is 1.43 bits per heavy atom. The van der Waals surface area contributed by atoms with E-state index in [1.165, 1.54) is 5.56 Å². The third-order valence-corrected chi connectivity index (χ3v) is 4.11. The summed E-state index contributed by atoms with van der Waals surface area (Å²) in [6, 6.07) is 6.11. The SMILES string of the molecule is CCCNCc1ccc(OCc2ncc(Cl)n2C)c(Br)c1. The molecule has 0 unspecified atom stereocenters. The molecule has 2 rings (SSSR count). The van der Waals surface area contributed by atoms with Crippen LogP contribution in [0.4, 0.5) is 0 Å². The Hall–Kier alpha value is -1.04. The van der Waals surface area contributed by atoms with Gasteiger partial charge < -0.3 is 14.6 Å². The third-order valence-electron chi connectivity index (χ3n) is 3.14. The van der Waals surface area contributed by atoms with E-state index < -0.39 is 0 Å². The highest BCUT2D eigenvalue weighted by atomic mass is 79.9. The molecular formula is C15H19BrClN3O. The molecule has 0 radical (unpaired) electrons. The van der Waals surface area contributed by atoms with Crippen LogP contribution in [0, 0.1) is 0 Å². The lowest BCUT2D eigenvalue weighted by atomic mass is 10.2. The lowest BCUT2D eigenvalue weighted by Crippen LogP contribution is -2.13. The first kappa shape index (κ1) is 16.3. The molecule has 1 N–H and O–H groups in total. The van der Waals surface area contributed by atoms with Crippen molar-refractivity contribution in [1.82, 2.24) is 14.9 Å². The first-order valence-electron chi connectivity index (χ1n) is 6.90. The second-order valence-electron chi connectivity index (χ2n) is 4.79. The van der Waals surface area contributed by atoms with Crippen molar-refractivity contribution in [2.45, 2.75) is 26.5 Å². The Kier molecular flexibility index (Phi) is 6.08. The molecule has 6 heteroatoms. The summed E-state index contributed by atoms with van der Waals surface area (Å²) in [5.41, 5.74) is 1.22. The van der Waals surface area contributed by atoms with E-state index >= 15 is 0 Å². The smallest absolute Gasteiger partial charge is 0.147 e. The van der Waals surface area contributed by atoms with E-state index in [1.54, 1.807) is 10.8 Å². The van der Waals surface area contributed by atoms with E-state index in [4.69, 9.17) is 16.3 Å². The topological polar surface area (TPSA) is 39.1 Å². The third kappa shape index (κ3) is 4.46. The lowest BCUT2D eigenvalue weighted by Gasteiger charge is -2.10. The number of imidazole rings is 1. The number of aromatic nitrogens is 2. The van der Waals surface area contributed by atoms with Crippen molar-refractivity contribution in [3.63, 3.8) is 0 Å². The zero-order valence-corrected chi connectivity index (χ0v) is 14.5. The van der Waals surface area contributed by atoms with Gasteiger partial charge in [-0.25, -0.2) is 4.98 Å². The van der Waals surface area contributed by atoms with Gasteiger partial charge in [-0.1, -0.05) is 24.6 Å². The van der Waals surface area contributed by atoms with E-state index in [2.05, 4.69) is 45.3 Å². The van der Waals surface area contributed by atoms with Gasteiger partial charge in [0.05, 0.1) is 10.7 Å². The van der Waals surface area contributed by atoms with Gasteiger partial charge in [0.25, 0.3) is 0 Å². The van der Waals surface area contributed by atoms with Crippen LogP contribution in [0.1, 0.15) is 24.7 Å². The van der Waals surface area contributed by atoms with Gasteiger partial charge in [0.2, 0.25) is 0 Å². The van der Waals surface area contributed by atoms with Crippen molar-refractivity contribution >= 4 is 27.5 Å². The molecule has 114 valence electrons. The molecule has 1 heterocycles. The molecule has 0 amide bonds. The maximum absolute atomic E-state index is 5.95. The average molecular weight is 373 g/mol. The Bertz CT molecular complexity index is 601. The first-order chi connectivity index (χ1) is 10.1. The molecule has 0 saturated carbocycles. The number of nitrogens with one attached hydrogen (secondary N) is 1. The number of rotatable bonds is 7. The molecule has 1 aromatic heterocycles. The van der Waals surface area contributed by atoms with Crippen LogP contribution in [0.25, 0.3) is 0 Å². The largest absolute Gasteiger partial charge is 0.484 e. The second kappa shape index (κ2) is 7.82. The van der Waals surface area contributed by atoms with Crippen molar-refractivity contribution < 1.29 is 4.74 Å². The zero-order valence-electron chi connectivity index (χ0n) is 12.2. The molecule has 0 spiro atoms. The van der Waals surface area contributed by atoms with E-state index in [0.717, 1.165) is 35.6 Å². The summed E-state index contributed by atoms with van der Waals surface area (Å²) >= 11 is 9.50. The molecule has 0 aliphatic heterocycles. The van der Waals surface area contributed by atoms with E-state index in [-0.39, 0.29) is 0 Å². The summed E-state index contributed by atoms with van der Waals surface area (Å²) < 4.78 is 8.54. The molecule has 0 fully saturated rings. The summed E-state index contributed by atoms with van der Waals surface area (Å²) in [5.74, 6) is 1.59. The maximum atomic E-state index is 5.95. The summed E-state index contributed by atoms with van der Waals surface area (Å²) in [7, 11) is 1.87. The Balaban J connectivity index is 1.96. The molecule has 4 nitrogen and oxygen atoms in total. The molecule has 0 bridgehead atoms. The highest BCUT2D eigenvalue weighted by Crippen LogP contribution is 2.27. The molecule has 0 aliphatic rings. The molecule has 1 aromatic carbocycles. The number of nitrogens with zero attached hydrogens (tertiary/aromatic N) is 2. The van der Waals surface area contributed by atoms with Crippen molar-refractivity contribution in [3.8, 4) is 5.75 Å². The molecule has 0 atom stereocenters. The van der Waals surface area contributed by atoms with Gasteiger partial charge in [0.15, 0.2) is 0 Å². The van der Waals surface area contributed by atoms with Gasteiger partial charge in [0, 0.05) is 13.6 Å². The zero-order chi connectivity index (χ0) is 15.2. The summed E-state index contributed by atoms with van der Waals surface area (Å²) in [4.78, 5) is 4.21. The highest BCUT2D eigenvalue weighted by Gasteiger charge is 2.07. The van der Waals surface area contributed by atoms with Crippen molar-refractivity contribution in [2.75, 3.05) is 6.54 Å². The Morgan fingerprint density at radius 3 is 2.86 bits per heavy atom. The van der Waals surface area contributed by atoms with Crippen LogP contribution in [-0.4, -0.2) is 16.1 Å². The number of benzene rings is 1. The summed E-state index contributed by atoms with van der Waals surface area (Å²) in [5, 5.41) is 3.98. The fraction of sp³-hybridized carbons (Fsp3) is 0.400. The quantitative estimate of drug-likeness (QED) is 0.749. The van der Waals surface area contributed by atoms with Crippen LogP contribution in [-0.2, 0) is 20.2 Å². The lowest BCUT2D eigenvalue weighted by molar-refractivity contribution is 0.290. The fourth-order valence-corrected chi connectivity index (χ4v) is 2.57.